The Hall–Kier alpha value is -2.44. The molecule has 2 aromatic carbocycles. The van der Waals surface area contributed by atoms with Crippen LogP contribution in [0, 0.1) is 0 Å². The second-order valence-electron chi connectivity index (χ2n) is 5.52. The largest absolute Gasteiger partial charge is 0.496 e. The number of hydrogen-bond donors (Lipinski definition) is 0. The van der Waals surface area contributed by atoms with Gasteiger partial charge >= 0.3 is 0 Å². The smallest absolute Gasteiger partial charge is 0.278 e. The monoisotopic (exact) mass is 344 g/mol. The highest BCUT2D eigenvalue weighted by Crippen LogP contribution is 2.23. The van der Waals surface area contributed by atoms with Gasteiger partial charge in [-0.25, -0.2) is 0 Å². The number of nitrogens with zero attached hydrogens (tertiary/aromatic N) is 4. The van der Waals surface area contributed by atoms with Crippen molar-refractivity contribution in [3.63, 3.8) is 0 Å². The Morgan fingerprint density at radius 3 is 2.83 bits per heavy atom. The van der Waals surface area contributed by atoms with Gasteiger partial charge in [-0.3, -0.25) is 9.69 Å². The van der Waals surface area contributed by atoms with Crippen LogP contribution in [-0.4, -0.2) is 34.1 Å². The fraction of sp³-hybridized carbons (Fsp3) is 0.235. The first-order valence-corrected chi connectivity index (χ1v) is 7.80. The minimum Gasteiger partial charge on any atom is -0.496 e. The average molecular weight is 345 g/mol. The highest BCUT2D eigenvalue weighted by molar-refractivity contribution is 6.30. The summed E-state index contributed by atoms with van der Waals surface area (Å²) in [5, 5.41) is 9.29. The van der Waals surface area contributed by atoms with Gasteiger partial charge in [-0.05, 0) is 37.4 Å². The van der Waals surface area contributed by atoms with Crippen LogP contribution in [-0.2, 0) is 13.2 Å². The molecule has 0 spiro atoms. The first kappa shape index (κ1) is 16.4. The van der Waals surface area contributed by atoms with Crippen LogP contribution in [0.1, 0.15) is 5.56 Å². The van der Waals surface area contributed by atoms with Crippen molar-refractivity contribution in [2.75, 3.05) is 14.2 Å². The lowest BCUT2D eigenvalue weighted by atomic mass is 10.2. The maximum absolute atomic E-state index is 12.5. The molecule has 24 heavy (non-hydrogen) atoms. The fourth-order valence-corrected chi connectivity index (χ4v) is 2.75. The predicted molar refractivity (Wildman–Crippen MR) is 93.3 cm³/mol. The molecule has 0 saturated carbocycles. The standard InChI is InChI=1S/C17H17ClN4O2/c1-21(10-12-9-13(18)7-8-16(12)24-2)11-22-17(23)14-5-3-4-6-15(14)19-20-22/h3-9H,10-11H2,1-2H3. The molecule has 0 radical (unpaired) electrons. The summed E-state index contributed by atoms with van der Waals surface area (Å²) in [6.45, 7) is 0.872. The topological polar surface area (TPSA) is 60.2 Å². The van der Waals surface area contributed by atoms with E-state index in [9.17, 15) is 4.79 Å². The van der Waals surface area contributed by atoms with E-state index in [4.69, 9.17) is 16.3 Å². The lowest BCUT2D eigenvalue weighted by molar-refractivity contribution is 0.233. The van der Waals surface area contributed by atoms with Crippen LogP contribution in [0.25, 0.3) is 10.9 Å². The highest BCUT2D eigenvalue weighted by Gasteiger charge is 2.10. The lowest BCUT2D eigenvalue weighted by Gasteiger charge is -2.18. The lowest BCUT2D eigenvalue weighted by Crippen LogP contribution is -2.32. The van der Waals surface area contributed by atoms with Crippen LogP contribution in [0.5, 0.6) is 5.75 Å². The molecule has 7 heteroatoms. The third kappa shape index (κ3) is 3.39. The summed E-state index contributed by atoms with van der Waals surface area (Å²) in [5.74, 6) is 0.753. The van der Waals surface area contributed by atoms with Gasteiger partial charge in [0.1, 0.15) is 11.3 Å². The van der Waals surface area contributed by atoms with Crippen LogP contribution in [0.15, 0.2) is 47.3 Å². The Kier molecular flexibility index (Phi) is 4.78. The molecule has 0 bridgehead atoms. The molecule has 3 aromatic rings. The quantitative estimate of drug-likeness (QED) is 0.712. The van der Waals surface area contributed by atoms with E-state index in [1.807, 2.05) is 36.2 Å². The predicted octanol–water partition coefficient (Wildman–Crippen LogP) is 2.54. The summed E-state index contributed by atoms with van der Waals surface area (Å²) in [7, 11) is 3.51. The maximum atomic E-state index is 12.5. The van der Waals surface area contributed by atoms with Crippen molar-refractivity contribution in [1.29, 1.82) is 0 Å². The Labute approximate surface area is 144 Å². The number of rotatable bonds is 5. The van der Waals surface area contributed by atoms with Gasteiger partial charge in [-0.1, -0.05) is 28.9 Å². The second kappa shape index (κ2) is 6.98. The number of hydrogen-bond acceptors (Lipinski definition) is 5. The van der Waals surface area contributed by atoms with E-state index in [2.05, 4.69) is 10.3 Å². The van der Waals surface area contributed by atoms with Gasteiger partial charge < -0.3 is 4.74 Å². The Balaban J connectivity index is 1.83. The molecule has 124 valence electrons. The molecule has 0 unspecified atom stereocenters. The Morgan fingerprint density at radius 1 is 1.25 bits per heavy atom. The van der Waals surface area contributed by atoms with Crippen molar-refractivity contribution in [1.82, 2.24) is 19.9 Å². The van der Waals surface area contributed by atoms with Crippen LogP contribution < -0.4 is 10.3 Å². The number of benzene rings is 2. The van der Waals surface area contributed by atoms with Crippen molar-refractivity contribution in [2.45, 2.75) is 13.2 Å². The summed E-state index contributed by atoms with van der Waals surface area (Å²) in [4.78, 5) is 14.4. The molecule has 3 rings (SSSR count). The zero-order valence-electron chi connectivity index (χ0n) is 13.4. The van der Waals surface area contributed by atoms with Gasteiger partial charge in [-0.2, -0.15) is 4.68 Å². The second-order valence-corrected chi connectivity index (χ2v) is 5.96. The summed E-state index contributed by atoms with van der Waals surface area (Å²) in [5.41, 5.74) is 1.37. The van der Waals surface area contributed by atoms with Crippen LogP contribution in [0.4, 0.5) is 0 Å². The van der Waals surface area contributed by atoms with Crippen molar-refractivity contribution in [3.8, 4) is 5.75 Å². The van der Waals surface area contributed by atoms with Gasteiger partial charge in [0.15, 0.2) is 0 Å². The summed E-state index contributed by atoms with van der Waals surface area (Å²) in [6.07, 6.45) is 0. The first-order chi connectivity index (χ1) is 11.6. The van der Waals surface area contributed by atoms with Gasteiger partial charge in [0.25, 0.3) is 5.56 Å². The number of halogens is 1. The molecular formula is C17H17ClN4O2. The summed E-state index contributed by atoms with van der Waals surface area (Å²) in [6, 6.07) is 12.6. The van der Waals surface area contributed by atoms with Crippen molar-refractivity contribution in [3.05, 3.63) is 63.4 Å². The van der Waals surface area contributed by atoms with Crippen molar-refractivity contribution < 1.29 is 4.74 Å². The normalized spacial score (nSPS) is 11.2. The van der Waals surface area contributed by atoms with Crippen molar-refractivity contribution in [2.24, 2.45) is 0 Å². The van der Waals surface area contributed by atoms with E-state index in [1.165, 1.54) is 4.68 Å². The van der Waals surface area contributed by atoms with Gasteiger partial charge in [0, 0.05) is 17.1 Å². The Morgan fingerprint density at radius 2 is 2.04 bits per heavy atom. The highest BCUT2D eigenvalue weighted by atomic mass is 35.5. The maximum Gasteiger partial charge on any atom is 0.278 e. The summed E-state index contributed by atoms with van der Waals surface area (Å²) < 4.78 is 6.70. The number of ether oxygens (including phenoxy) is 1. The van der Waals surface area contributed by atoms with Crippen molar-refractivity contribution >= 4 is 22.5 Å². The van der Waals surface area contributed by atoms with Gasteiger partial charge in [0.05, 0.1) is 19.2 Å². The average Bonchev–Trinajstić information content (AvgIpc) is 2.58. The van der Waals surface area contributed by atoms with Gasteiger partial charge in [0.2, 0.25) is 0 Å². The molecule has 0 aliphatic carbocycles. The molecular weight excluding hydrogens is 328 g/mol. The third-order valence-corrected chi connectivity index (χ3v) is 3.92. The van der Waals surface area contributed by atoms with E-state index in [0.717, 1.165) is 11.3 Å². The van der Waals surface area contributed by atoms with E-state index in [1.54, 1.807) is 25.3 Å². The van der Waals surface area contributed by atoms with E-state index < -0.39 is 0 Å². The zero-order valence-corrected chi connectivity index (χ0v) is 14.2. The minimum absolute atomic E-state index is 0.162. The SMILES string of the molecule is COc1ccc(Cl)cc1CN(C)Cn1nnc2ccccc2c1=O. The van der Waals surface area contributed by atoms with Gasteiger partial charge in [-0.15, -0.1) is 5.10 Å². The van der Waals surface area contributed by atoms with Crippen LogP contribution in [0.3, 0.4) is 0 Å². The third-order valence-electron chi connectivity index (χ3n) is 3.69. The fourth-order valence-electron chi connectivity index (χ4n) is 2.56. The Bertz CT molecular complexity index is 926. The molecule has 0 aliphatic heterocycles. The minimum atomic E-state index is -0.162. The van der Waals surface area contributed by atoms with E-state index >= 15 is 0 Å². The molecule has 0 amide bonds. The van der Waals surface area contributed by atoms with E-state index in [0.29, 0.717) is 29.1 Å². The molecule has 1 heterocycles. The van der Waals surface area contributed by atoms with E-state index in [-0.39, 0.29) is 5.56 Å². The number of methoxy groups -OCH3 is 1. The van der Waals surface area contributed by atoms with Crippen LogP contribution >= 0.6 is 11.6 Å². The molecule has 6 nitrogen and oxygen atoms in total. The molecule has 0 saturated heterocycles. The molecule has 0 aliphatic rings. The molecule has 0 fully saturated rings. The molecule has 0 atom stereocenters. The number of fused-ring (bicyclic) bond motifs is 1. The first-order valence-electron chi connectivity index (χ1n) is 7.42. The summed E-state index contributed by atoms with van der Waals surface area (Å²) >= 11 is 6.06. The zero-order chi connectivity index (χ0) is 17.1. The molecule has 1 aromatic heterocycles. The van der Waals surface area contributed by atoms with Crippen LogP contribution in [0.2, 0.25) is 5.02 Å². The number of aromatic nitrogens is 3. The molecule has 0 N–H and O–H groups in total.